The van der Waals surface area contributed by atoms with E-state index < -0.39 is 0 Å². The molecular weight excluding hydrogens is 401 g/mol. The standard InChI is InChI=1S/C17H29N5.HI/c1-12(2)22-11-14-7-8-15(9-16(14)21-22)20-17(18-3)19-10-13-5-4-6-13;/h11-13,15H,4-10H2,1-3H3,(H2,18,19,20);1H. The smallest absolute Gasteiger partial charge is 0.191 e. The normalized spacial score (nSPS) is 21.4. The van der Waals surface area contributed by atoms with Gasteiger partial charge in [-0.05, 0) is 51.0 Å². The molecule has 1 saturated carbocycles. The summed E-state index contributed by atoms with van der Waals surface area (Å²) in [4.78, 5) is 4.37. The fourth-order valence-electron chi connectivity index (χ4n) is 3.23. The van der Waals surface area contributed by atoms with E-state index in [1.807, 2.05) is 7.05 Å². The van der Waals surface area contributed by atoms with Crippen LogP contribution in [0.15, 0.2) is 11.2 Å². The Bertz CT molecular complexity index is 533. The summed E-state index contributed by atoms with van der Waals surface area (Å²) in [6.07, 6.45) is 9.61. The lowest BCUT2D eigenvalue weighted by Crippen LogP contribution is -2.47. The van der Waals surface area contributed by atoms with Gasteiger partial charge in [-0.3, -0.25) is 9.67 Å². The highest BCUT2D eigenvalue weighted by Gasteiger charge is 2.23. The van der Waals surface area contributed by atoms with E-state index in [2.05, 4.69) is 40.4 Å². The molecule has 1 aromatic rings. The molecule has 0 spiro atoms. The average molecular weight is 431 g/mol. The van der Waals surface area contributed by atoms with Crippen LogP contribution < -0.4 is 10.6 Å². The second-order valence-corrected chi connectivity index (χ2v) is 7.01. The fraction of sp³-hybridized carbons (Fsp3) is 0.765. The van der Waals surface area contributed by atoms with Gasteiger partial charge >= 0.3 is 0 Å². The molecule has 0 bridgehead atoms. The highest BCUT2D eigenvalue weighted by atomic mass is 127. The molecule has 2 aliphatic carbocycles. The molecule has 1 unspecified atom stereocenters. The minimum Gasteiger partial charge on any atom is -0.356 e. The largest absolute Gasteiger partial charge is 0.356 e. The van der Waals surface area contributed by atoms with Gasteiger partial charge < -0.3 is 10.6 Å². The Hall–Kier alpha value is -0.790. The van der Waals surface area contributed by atoms with Crippen LogP contribution in [0, 0.1) is 5.92 Å². The van der Waals surface area contributed by atoms with Gasteiger partial charge in [0.2, 0.25) is 0 Å². The highest BCUT2D eigenvalue weighted by Crippen LogP contribution is 2.25. The predicted octanol–water partition coefficient (Wildman–Crippen LogP) is 2.90. The van der Waals surface area contributed by atoms with Crippen LogP contribution in [0.3, 0.4) is 0 Å². The molecule has 0 saturated heterocycles. The second kappa shape index (κ2) is 8.35. The number of hydrogen-bond acceptors (Lipinski definition) is 2. The summed E-state index contributed by atoms with van der Waals surface area (Å²) in [7, 11) is 1.86. The number of aliphatic imine (C=N–C) groups is 1. The first-order chi connectivity index (χ1) is 10.7. The first-order valence-electron chi connectivity index (χ1n) is 8.69. The molecule has 1 aromatic heterocycles. The number of rotatable bonds is 4. The van der Waals surface area contributed by atoms with E-state index in [1.54, 1.807) is 0 Å². The predicted molar refractivity (Wildman–Crippen MR) is 106 cm³/mol. The summed E-state index contributed by atoms with van der Waals surface area (Å²) in [6.45, 7) is 5.42. The lowest BCUT2D eigenvalue weighted by molar-refractivity contribution is 0.314. The fourth-order valence-corrected chi connectivity index (χ4v) is 3.23. The topological polar surface area (TPSA) is 54.2 Å². The number of nitrogens with zero attached hydrogens (tertiary/aromatic N) is 3. The summed E-state index contributed by atoms with van der Waals surface area (Å²) < 4.78 is 2.09. The Labute approximate surface area is 156 Å². The highest BCUT2D eigenvalue weighted by molar-refractivity contribution is 14.0. The summed E-state index contributed by atoms with van der Waals surface area (Å²) in [5.41, 5.74) is 2.68. The average Bonchev–Trinajstić information content (AvgIpc) is 2.87. The molecule has 0 aromatic carbocycles. The van der Waals surface area contributed by atoms with Gasteiger partial charge in [-0.1, -0.05) is 6.42 Å². The molecule has 2 aliphatic rings. The van der Waals surface area contributed by atoms with Gasteiger partial charge in [-0.25, -0.2) is 0 Å². The molecule has 6 heteroatoms. The van der Waals surface area contributed by atoms with Crippen molar-refractivity contribution >= 4 is 29.9 Å². The molecule has 1 heterocycles. The Morgan fingerprint density at radius 3 is 2.78 bits per heavy atom. The third-order valence-electron chi connectivity index (χ3n) is 4.97. The molecule has 2 N–H and O–H groups in total. The van der Waals surface area contributed by atoms with Crippen LogP contribution in [0.5, 0.6) is 0 Å². The summed E-state index contributed by atoms with van der Waals surface area (Å²) in [6, 6.07) is 0.879. The van der Waals surface area contributed by atoms with E-state index in [-0.39, 0.29) is 24.0 Å². The third-order valence-corrected chi connectivity index (χ3v) is 4.97. The van der Waals surface area contributed by atoms with Crippen molar-refractivity contribution in [3.63, 3.8) is 0 Å². The van der Waals surface area contributed by atoms with E-state index in [0.717, 1.165) is 37.7 Å². The number of aryl methyl sites for hydroxylation is 1. The number of halogens is 1. The number of nitrogens with one attached hydrogen (secondary N) is 2. The lowest BCUT2D eigenvalue weighted by Gasteiger charge is -2.28. The van der Waals surface area contributed by atoms with Gasteiger partial charge in [-0.15, -0.1) is 24.0 Å². The minimum atomic E-state index is 0. The van der Waals surface area contributed by atoms with E-state index in [1.165, 1.54) is 30.5 Å². The SMILES string of the molecule is CN=C(NCC1CCC1)NC1CCc2cn(C(C)C)nc2C1.I. The van der Waals surface area contributed by atoms with E-state index in [9.17, 15) is 0 Å². The number of guanidine groups is 1. The van der Waals surface area contributed by atoms with Crippen LogP contribution in [0.1, 0.15) is 56.8 Å². The zero-order valence-electron chi connectivity index (χ0n) is 14.5. The molecule has 0 radical (unpaired) electrons. The molecule has 1 fully saturated rings. The molecule has 130 valence electrons. The maximum absolute atomic E-state index is 4.75. The van der Waals surface area contributed by atoms with Gasteiger partial charge in [0.25, 0.3) is 0 Å². The van der Waals surface area contributed by atoms with Crippen LogP contribution in [0.2, 0.25) is 0 Å². The van der Waals surface area contributed by atoms with Crippen molar-refractivity contribution in [1.82, 2.24) is 20.4 Å². The summed E-state index contributed by atoms with van der Waals surface area (Å²) in [5, 5.41) is 11.8. The van der Waals surface area contributed by atoms with Gasteiger partial charge in [0.15, 0.2) is 5.96 Å². The van der Waals surface area contributed by atoms with E-state index in [4.69, 9.17) is 5.10 Å². The monoisotopic (exact) mass is 431 g/mol. The number of hydrogen-bond donors (Lipinski definition) is 2. The van der Waals surface area contributed by atoms with Crippen LogP contribution in [-0.4, -0.2) is 35.4 Å². The molecule has 3 rings (SSSR count). The van der Waals surface area contributed by atoms with E-state index >= 15 is 0 Å². The van der Waals surface area contributed by atoms with Gasteiger partial charge in [0, 0.05) is 38.3 Å². The van der Waals surface area contributed by atoms with Crippen molar-refractivity contribution in [3.05, 3.63) is 17.5 Å². The Morgan fingerprint density at radius 1 is 1.39 bits per heavy atom. The first kappa shape index (κ1) is 18.5. The third kappa shape index (κ3) is 4.61. The molecule has 5 nitrogen and oxygen atoms in total. The van der Waals surface area contributed by atoms with Crippen LogP contribution in [-0.2, 0) is 12.8 Å². The zero-order valence-corrected chi connectivity index (χ0v) is 16.8. The quantitative estimate of drug-likeness (QED) is 0.438. The molecule has 0 amide bonds. The number of aromatic nitrogens is 2. The van der Waals surface area contributed by atoms with Crippen molar-refractivity contribution in [3.8, 4) is 0 Å². The maximum atomic E-state index is 4.75. The molecule has 0 aliphatic heterocycles. The lowest BCUT2D eigenvalue weighted by atomic mass is 9.85. The van der Waals surface area contributed by atoms with Crippen molar-refractivity contribution < 1.29 is 0 Å². The Morgan fingerprint density at radius 2 is 2.17 bits per heavy atom. The first-order valence-corrected chi connectivity index (χ1v) is 8.69. The van der Waals surface area contributed by atoms with Gasteiger partial charge in [0.1, 0.15) is 0 Å². The Kier molecular flexibility index (Phi) is 6.73. The second-order valence-electron chi connectivity index (χ2n) is 7.01. The zero-order chi connectivity index (χ0) is 15.5. The minimum absolute atomic E-state index is 0. The molecular formula is C17H30IN5. The van der Waals surface area contributed by atoms with Crippen molar-refractivity contribution in [1.29, 1.82) is 0 Å². The van der Waals surface area contributed by atoms with Crippen LogP contribution >= 0.6 is 24.0 Å². The van der Waals surface area contributed by atoms with Crippen LogP contribution in [0.25, 0.3) is 0 Å². The molecule has 1 atom stereocenters. The molecule has 23 heavy (non-hydrogen) atoms. The van der Waals surface area contributed by atoms with Crippen molar-refractivity contribution in [2.24, 2.45) is 10.9 Å². The van der Waals surface area contributed by atoms with Gasteiger partial charge in [0.05, 0.1) is 5.69 Å². The van der Waals surface area contributed by atoms with Crippen molar-refractivity contribution in [2.75, 3.05) is 13.6 Å². The van der Waals surface area contributed by atoms with Gasteiger partial charge in [-0.2, -0.15) is 5.10 Å². The Balaban J connectivity index is 0.00000192. The van der Waals surface area contributed by atoms with Crippen LogP contribution in [0.4, 0.5) is 0 Å². The number of fused-ring (bicyclic) bond motifs is 1. The summed E-state index contributed by atoms with van der Waals surface area (Å²) >= 11 is 0. The van der Waals surface area contributed by atoms with Crippen molar-refractivity contribution in [2.45, 2.75) is 64.5 Å². The van der Waals surface area contributed by atoms with E-state index in [0.29, 0.717) is 12.1 Å². The maximum Gasteiger partial charge on any atom is 0.191 e. The summed E-state index contributed by atoms with van der Waals surface area (Å²) in [5.74, 6) is 1.79.